The lowest BCUT2D eigenvalue weighted by molar-refractivity contribution is -0.283. The summed E-state index contributed by atoms with van der Waals surface area (Å²) >= 11 is 0. The van der Waals surface area contributed by atoms with E-state index in [-0.39, 0.29) is 11.9 Å². The molecule has 2 rings (SSSR count). The van der Waals surface area contributed by atoms with Gasteiger partial charge in [-0.25, -0.2) is 4.79 Å². The monoisotopic (exact) mass is 254 g/mol. The molecule has 0 N–H and O–H groups in total. The van der Waals surface area contributed by atoms with Crippen LogP contribution in [0, 0.1) is 11.8 Å². The van der Waals surface area contributed by atoms with E-state index < -0.39 is 0 Å². The highest BCUT2D eigenvalue weighted by molar-refractivity contribution is 5.79. The van der Waals surface area contributed by atoms with E-state index in [2.05, 4.69) is 0 Å². The van der Waals surface area contributed by atoms with Gasteiger partial charge in [0.1, 0.15) is 5.78 Å². The summed E-state index contributed by atoms with van der Waals surface area (Å²) in [5.41, 5.74) is 0. The molecule has 0 aromatic heterocycles. The van der Waals surface area contributed by atoms with Gasteiger partial charge in [-0.05, 0) is 31.6 Å². The van der Waals surface area contributed by atoms with Crippen LogP contribution in [0.15, 0.2) is 0 Å². The van der Waals surface area contributed by atoms with Crippen LogP contribution in [0.5, 0.6) is 0 Å². The predicted octanol–water partition coefficient (Wildman–Crippen LogP) is 2.80. The highest BCUT2D eigenvalue weighted by Gasteiger charge is 2.24. The van der Waals surface area contributed by atoms with Gasteiger partial charge in [0.05, 0.1) is 12.5 Å². The number of ketones is 1. The van der Waals surface area contributed by atoms with Crippen LogP contribution in [0.4, 0.5) is 0 Å². The molecule has 0 spiro atoms. The molecule has 0 atom stereocenters. The fraction of sp³-hybridized carbons (Fsp3) is 0.857. The van der Waals surface area contributed by atoms with Crippen molar-refractivity contribution in [1.29, 1.82) is 0 Å². The van der Waals surface area contributed by atoms with Crippen molar-refractivity contribution in [3.05, 3.63) is 0 Å². The molecule has 0 unspecified atom stereocenters. The van der Waals surface area contributed by atoms with Gasteiger partial charge in [-0.3, -0.25) is 9.68 Å². The normalized spacial score (nSPS) is 23.0. The molecule has 2 aliphatic carbocycles. The van der Waals surface area contributed by atoms with E-state index in [4.69, 9.17) is 9.78 Å². The number of carbonyl (C=O) groups excluding carboxylic acids is 2. The molecule has 18 heavy (non-hydrogen) atoms. The molecule has 0 aromatic rings. The van der Waals surface area contributed by atoms with Crippen molar-refractivity contribution in [1.82, 2.24) is 0 Å². The van der Waals surface area contributed by atoms with Crippen molar-refractivity contribution in [3.8, 4) is 0 Å². The largest absolute Gasteiger partial charge is 0.345 e. The second-order valence-electron chi connectivity index (χ2n) is 5.50. The standard InChI is InChI=1S/C14H22O4/c15-13-8-6-11(7-9-13)10-17-18-14(16)12-4-2-1-3-5-12/h11-12H,1-10H2. The molecular formula is C14H22O4. The van der Waals surface area contributed by atoms with Crippen LogP contribution in [-0.4, -0.2) is 18.4 Å². The molecular weight excluding hydrogens is 232 g/mol. The molecule has 0 aliphatic heterocycles. The molecule has 0 saturated heterocycles. The Morgan fingerprint density at radius 1 is 1.06 bits per heavy atom. The first-order chi connectivity index (χ1) is 8.75. The fourth-order valence-corrected chi connectivity index (χ4v) is 2.76. The van der Waals surface area contributed by atoms with Crippen molar-refractivity contribution in [2.75, 3.05) is 6.61 Å². The van der Waals surface area contributed by atoms with E-state index >= 15 is 0 Å². The van der Waals surface area contributed by atoms with Gasteiger partial charge in [-0.15, -0.1) is 0 Å². The van der Waals surface area contributed by atoms with Crippen LogP contribution in [0.2, 0.25) is 0 Å². The summed E-state index contributed by atoms with van der Waals surface area (Å²) in [6, 6.07) is 0. The lowest BCUT2D eigenvalue weighted by Crippen LogP contribution is -2.23. The van der Waals surface area contributed by atoms with Crippen LogP contribution in [0.3, 0.4) is 0 Å². The third-order valence-corrected chi connectivity index (χ3v) is 4.05. The maximum Gasteiger partial charge on any atom is 0.345 e. The Morgan fingerprint density at radius 2 is 1.72 bits per heavy atom. The average Bonchev–Trinajstić information content (AvgIpc) is 2.42. The van der Waals surface area contributed by atoms with Crippen molar-refractivity contribution in [3.63, 3.8) is 0 Å². The molecule has 2 saturated carbocycles. The van der Waals surface area contributed by atoms with Crippen LogP contribution in [-0.2, 0) is 19.4 Å². The van der Waals surface area contributed by atoms with Gasteiger partial charge in [0.25, 0.3) is 0 Å². The predicted molar refractivity (Wildman–Crippen MR) is 65.6 cm³/mol. The Bertz CT molecular complexity index is 284. The Hall–Kier alpha value is -0.900. The quantitative estimate of drug-likeness (QED) is 0.572. The van der Waals surface area contributed by atoms with Gasteiger partial charge < -0.3 is 0 Å². The number of hydrogen-bond acceptors (Lipinski definition) is 4. The smallest absolute Gasteiger partial charge is 0.300 e. The Morgan fingerprint density at radius 3 is 2.39 bits per heavy atom. The highest BCUT2D eigenvalue weighted by Crippen LogP contribution is 2.25. The maximum absolute atomic E-state index is 11.7. The lowest BCUT2D eigenvalue weighted by Gasteiger charge is -2.21. The first-order valence-electron chi connectivity index (χ1n) is 7.10. The molecule has 4 nitrogen and oxygen atoms in total. The first kappa shape index (κ1) is 13.5. The number of Topliss-reactive ketones (excluding diaryl/α,β-unsaturated/α-hetero) is 1. The SMILES string of the molecule is O=C1CCC(COOC(=O)C2CCCCC2)CC1. The molecule has 0 heterocycles. The van der Waals surface area contributed by atoms with Gasteiger partial charge in [0, 0.05) is 12.8 Å². The number of rotatable bonds is 4. The Labute approximate surface area is 108 Å². The van der Waals surface area contributed by atoms with E-state index in [1.807, 2.05) is 0 Å². The third-order valence-electron chi connectivity index (χ3n) is 4.05. The number of hydrogen-bond donors (Lipinski definition) is 0. The topological polar surface area (TPSA) is 52.6 Å². The van der Waals surface area contributed by atoms with Crippen molar-refractivity contribution >= 4 is 11.8 Å². The second-order valence-corrected chi connectivity index (χ2v) is 5.50. The van der Waals surface area contributed by atoms with Crippen molar-refractivity contribution < 1.29 is 19.4 Å². The van der Waals surface area contributed by atoms with E-state index in [1.54, 1.807) is 0 Å². The zero-order valence-electron chi connectivity index (χ0n) is 10.9. The lowest BCUT2D eigenvalue weighted by atomic mass is 9.89. The van der Waals surface area contributed by atoms with Gasteiger partial charge in [0.2, 0.25) is 0 Å². The van der Waals surface area contributed by atoms with Gasteiger partial charge in [-0.2, -0.15) is 4.89 Å². The summed E-state index contributed by atoms with van der Waals surface area (Å²) in [5, 5.41) is 0. The second kappa shape index (κ2) is 6.88. The van der Waals surface area contributed by atoms with E-state index in [0.717, 1.165) is 38.5 Å². The van der Waals surface area contributed by atoms with Crippen LogP contribution < -0.4 is 0 Å². The Balaban J connectivity index is 1.59. The summed E-state index contributed by atoms with van der Waals surface area (Å²) in [7, 11) is 0. The van der Waals surface area contributed by atoms with Crippen LogP contribution in [0.1, 0.15) is 57.8 Å². The average molecular weight is 254 g/mol. The first-order valence-corrected chi connectivity index (χ1v) is 7.10. The number of carbonyl (C=O) groups is 2. The molecule has 0 aromatic carbocycles. The minimum Gasteiger partial charge on any atom is -0.300 e. The summed E-state index contributed by atoms with van der Waals surface area (Å²) < 4.78 is 0. The van der Waals surface area contributed by atoms with Crippen molar-refractivity contribution in [2.24, 2.45) is 11.8 Å². The highest BCUT2D eigenvalue weighted by atomic mass is 17.2. The zero-order chi connectivity index (χ0) is 12.8. The van der Waals surface area contributed by atoms with E-state index in [9.17, 15) is 9.59 Å². The Kier molecular flexibility index (Phi) is 5.17. The molecule has 2 fully saturated rings. The molecule has 102 valence electrons. The summed E-state index contributed by atoms with van der Waals surface area (Å²) in [5.74, 6) is 0.528. The maximum atomic E-state index is 11.7. The third kappa shape index (κ3) is 4.09. The summed E-state index contributed by atoms with van der Waals surface area (Å²) in [4.78, 5) is 32.7. The van der Waals surface area contributed by atoms with Crippen LogP contribution >= 0.6 is 0 Å². The molecule has 0 bridgehead atoms. The van der Waals surface area contributed by atoms with Crippen molar-refractivity contribution in [2.45, 2.75) is 57.8 Å². The fourth-order valence-electron chi connectivity index (χ4n) is 2.76. The molecule has 4 heteroatoms. The molecule has 0 radical (unpaired) electrons. The van der Waals surface area contributed by atoms with Crippen LogP contribution in [0.25, 0.3) is 0 Å². The van der Waals surface area contributed by atoms with Gasteiger partial charge >= 0.3 is 5.97 Å². The molecule has 0 amide bonds. The molecule has 2 aliphatic rings. The minimum atomic E-state index is -0.207. The summed E-state index contributed by atoms with van der Waals surface area (Å²) in [6.45, 7) is 0.436. The van der Waals surface area contributed by atoms with E-state index in [1.165, 1.54) is 6.42 Å². The van der Waals surface area contributed by atoms with Gasteiger partial charge in [0.15, 0.2) is 0 Å². The van der Waals surface area contributed by atoms with Gasteiger partial charge in [-0.1, -0.05) is 19.3 Å². The minimum absolute atomic E-state index is 0.0340. The zero-order valence-corrected chi connectivity index (χ0v) is 10.9. The van der Waals surface area contributed by atoms with E-state index in [0.29, 0.717) is 31.1 Å². The summed E-state index contributed by atoms with van der Waals surface area (Å²) in [6.07, 6.45) is 8.32.